The highest BCUT2D eigenvalue weighted by atomic mass is 14.9. The van der Waals surface area contributed by atoms with E-state index in [0.717, 1.165) is 6.54 Å². The van der Waals surface area contributed by atoms with Crippen LogP contribution < -0.4 is 11.1 Å². The van der Waals surface area contributed by atoms with E-state index >= 15 is 0 Å². The van der Waals surface area contributed by atoms with Crippen molar-refractivity contribution in [2.24, 2.45) is 17.1 Å². The Morgan fingerprint density at radius 1 is 1.36 bits per heavy atom. The monoisotopic (exact) mass is 198 g/mol. The third-order valence-corrected chi connectivity index (χ3v) is 4.03. The van der Waals surface area contributed by atoms with E-state index in [2.05, 4.69) is 26.1 Å². The van der Waals surface area contributed by atoms with Crippen molar-refractivity contribution in [3.8, 4) is 0 Å². The maximum absolute atomic E-state index is 5.82. The van der Waals surface area contributed by atoms with Crippen LogP contribution in [0, 0.1) is 11.3 Å². The Bertz CT molecular complexity index is 156. The molecule has 2 unspecified atom stereocenters. The normalized spacial score (nSPS) is 24.0. The Morgan fingerprint density at radius 3 is 2.36 bits per heavy atom. The Hall–Kier alpha value is -0.0800. The van der Waals surface area contributed by atoms with E-state index in [4.69, 9.17) is 5.73 Å². The summed E-state index contributed by atoms with van der Waals surface area (Å²) in [5, 5.41) is 3.58. The van der Waals surface area contributed by atoms with Crippen LogP contribution in [0.2, 0.25) is 0 Å². The second-order valence-corrected chi connectivity index (χ2v) is 5.17. The fraction of sp³-hybridized carbons (Fsp3) is 1.00. The summed E-state index contributed by atoms with van der Waals surface area (Å²) >= 11 is 0. The molecule has 0 aromatic carbocycles. The third kappa shape index (κ3) is 2.96. The molecule has 1 saturated carbocycles. The summed E-state index contributed by atoms with van der Waals surface area (Å²) in [6.45, 7) is 8.89. The molecule has 84 valence electrons. The molecule has 0 spiro atoms. The van der Waals surface area contributed by atoms with Crippen LogP contribution in [0.4, 0.5) is 0 Å². The molecular weight excluding hydrogens is 172 g/mol. The van der Waals surface area contributed by atoms with Crippen LogP contribution in [0.25, 0.3) is 0 Å². The standard InChI is InChI=1S/C12H26N2/c1-4-12(6-5-7-12)9-14-8-10(2)11(3)13/h10-11,14H,4-9,13H2,1-3H3. The molecule has 2 atom stereocenters. The van der Waals surface area contributed by atoms with Gasteiger partial charge in [-0.15, -0.1) is 0 Å². The van der Waals surface area contributed by atoms with Gasteiger partial charge >= 0.3 is 0 Å². The Morgan fingerprint density at radius 2 is 2.00 bits per heavy atom. The zero-order valence-corrected chi connectivity index (χ0v) is 9.97. The lowest BCUT2D eigenvalue weighted by Gasteiger charge is -2.41. The number of hydrogen-bond acceptors (Lipinski definition) is 2. The first kappa shape index (κ1) is 12.0. The number of hydrogen-bond donors (Lipinski definition) is 2. The molecule has 0 aromatic heterocycles. The van der Waals surface area contributed by atoms with Gasteiger partial charge in [0.1, 0.15) is 0 Å². The summed E-state index contributed by atoms with van der Waals surface area (Å²) < 4.78 is 0. The van der Waals surface area contributed by atoms with Gasteiger partial charge in [-0.3, -0.25) is 0 Å². The minimum Gasteiger partial charge on any atom is -0.328 e. The van der Waals surface area contributed by atoms with E-state index in [1.807, 2.05) is 0 Å². The SMILES string of the molecule is CCC1(CNCC(C)C(C)N)CCC1. The van der Waals surface area contributed by atoms with E-state index in [9.17, 15) is 0 Å². The van der Waals surface area contributed by atoms with Gasteiger partial charge in [0.2, 0.25) is 0 Å². The molecule has 0 heterocycles. The summed E-state index contributed by atoms with van der Waals surface area (Å²) in [5.74, 6) is 0.587. The minimum absolute atomic E-state index is 0.307. The van der Waals surface area contributed by atoms with Gasteiger partial charge in [0.25, 0.3) is 0 Å². The molecule has 0 aliphatic heterocycles. The van der Waals surface area contributed by atoms with E-state index < -0.39 is 0 Å². The van der Waals surface area contributed by atoms with E-state index in [0.29, 0.717) is 17.4 Å². The molecule has 3 N–H and O–H groups in total. The van der Waals surface area contributed by atoms with Crippen molar-refractivity contribution in [2.75, 3.05) is 13.1 Å². The first-order valence-electron chi connectivity index (χ1n) is 6.06. The highest BCUT2D eigenvalue weighted by Crippen LogP contribution is 2.42. The summed E-state index contributed by atoms with van der Waals surface area (Å²) in [6, 6.07) is 0.307. The average Bonchev–Trinajstić information content (AvgIpc) is 2.09. The summed E-state index contributed by atoms with van der Waals surface area (Å²) in [7, 11) is 0. The van der Waals surface area contributed by atoms with Gasteiger partial charge in [-0.25, -0.2) is 0 Å². The first-order chi connectivity index (χ1) is 6.59. The molecule has 0 saturated heterocycles. The van der Waals surface area contributed by atoms with Crippen molar-refractivity contribution in [3.63, 3.8) is 0 Å². The van der Waals surface area contributed by atoms with Crippen molar-refractivity contribution in [3.05, 3.63) is 0 Å². The zero-order valence-electron chi connectivity index (χ0n) is 9.97. The van der Waals surface area contributed by atoms with E-state index in [1.165, 1.54) is 32.2 Å². The van der Waals surface area contributed by atoms with Gasteiger partial charge in [0.05, 0.1) is 0 Å². The van der Waals surface area contributed by atoms with Crippen molar-refractivity contribution in [1.82, 2.24) is 5.32 Å². The predicted molar refractivity (Wildman–Crippen MR) is 62.3 cm³/mol. The first-order valence-corrected chi connectivity index (χ1v) is 6.06. The maximum Gasteiger partial charge on any atom is 0.00482 e. The maximum atomic E-state index is 5.82. The lowest BCUT2D eigenvalue weighted by molar-refractivity contribution is 0.122. The van der Waals surface area contributed by atoms with Crippen molar-refractivity contribution >= 4 is 0 Å². The molecule has 1 rings (SSSR count). The van der Waals surface area contributed by atoms with Crippen LogP contribution in [-0.2, 0) is 0 Å². The van der Waals surface area contributed by atoms with Gasteiger partial charge in [-0.2, -0.15) is 0 Å². The summed E-state index contributed by atoms with van der Waals surface area (Å²) in [6.07, 6.45) is 5.59. The summed E-state index contributed by atoms with van der Waals surface area (Å²) in [4.78, 5) is 0. The second kappa shape index (κ2) is 5.13. The molecule has 0 radical (unpaired) electrons. The average molecular weight is 198 g/mol. The lowest BCUT2D eigenvalue weighted by atomic mass is 9.67. The smallest absolute Gasteiger partial charge is 0.00482 e. The predicted octanol–water partition coefficient (Wildman–Crippen LogP) is 2.14. The van der Waals surface area contributed by atoms with E-state index in [1.54, 1.807) is 0 Å². The molecule has 0 bridgehead atoms. The van der Waals surface area contributed by atoms with Crippen molar-refractivity contribution in [1.29, 1.82) is 0 Å². The molecule has 2 heteroatoms. The van der Waals surface area contributed by atoms with Crippen LogP contribution in [0.3, 0.4) is 0 Å². The van der Waals surface area contributed by atoms with Crippen LogP contribution >= 0.6 is 0 Å². The van der Waals surface area contributed by atoms with Gasteiger partial charge in [0, 0.05) is 12.6 Å². The molecule has 2 nitrogen and oxygen atoms in total. The summed E-state index contributed by atoms with van der Waals surface area (Å²) in [5.41, 5.74) is 6.46. The van der Waals surface area contributed by atoms with E-state index in [-0.39, 0.29) is 0 Å². The van der Waals surface area contributed by atoms with Crippen LogP contribution in [0.15, 0.2) is 0 Å². The molecule has 1 fully saturated rings. The molecule has 0 amide bonds. The Kier molecular flexibility index (Phi) is 4.39. The molecule has 1 aliphatic carbocycles. The molecule has 1 aliphatic rings. The van der Waals surface area contributed by atoms with Gasteiger partial charge in [0.15, 0.2) is 0 Å². The van der Waals surface area contributed by atoms with Crippen molar-refractivity contribution in [2.45, 2.75) is 52.5 Å². The quantitative estimate of drug-likeness (QED) is 0.686. The third-order valence-electron chi connectivity index (χ3n) is 4.03. The van der Waals surface area contributed by atoms with Gasteiger partial charge < -0.3 is 11.1 Å². The topological polar surface area (TPSA) is 38.0 Å². The van der Waals surface area contributed by atoms with Gasteiger partial charge in [-0.1, -0.05) is 20.3 Å². The number of nitrogens with one attached hydrogen (secondary N) is 1. The van der Waals surface area contributed by atoms with Crippen LogP contribution in [0.5, 0.6) is 0 Å². The highest BCUT2D eigenvalue weighted by Gasteiger charge is 2.34. The minimum atomic E-state index is 0.307. The van der Waals surface area contributed by atoms with Crippen LogP contribution in [0.1, 0.15) is 46.5 Å². The van der Waals surface area contributed by atoms with Crippen molar-refractivity contribution < 1.29 is 0 Å². The zero-order chi connectivity index (χ0) is 10.6. The Balaban J connectivity index is 2.14. The largest absolute Gasteiger partial charge is 0.328 e. The molecule has 0 aromatic rings. The molecule has 14 heavy (non-hydrogen) atoms. The fourth-order valence-electron chi connectivity index (χ4n) is 2.08. The lowest BCUT2D eigenvalue weighted by Crippen LogP contribution is -2.42. The Labute approximate surface area is 88.6 Å². The number of rotatable bonds is 6. The fourth-order valence-corrected chi connectivity index (χ4v) is 2.08. The van der Waals surface area contributed by atoms with Crippen LogP contribution in [-0.4, -0.2) is 19.1 Å². The highest BCUT2D eigenvalue weighted by molar-refractivity contribution is 4.88. The number of nitrogens with two attached hydrogens (primary N) is 1. The molecular formula is C12H26N2. The second-order valence-electron chi connectivity index (χ2n) is 5.17. The van der Waals surface area contributed by atoms with Gasteiger partial charge in [-0.05, 0) is 44.1 Å².